The van der Waals surface area contributed by atoms with Crippen molar-refractivity contribution in [1.29, 1.82) is 0 Å². The van der Waals surface area contributed by atoms with E-state index in [0.717, 1.165) is 43.0 Å². The van der Waals surface area contributed by atoms with Gasteiger partial charge >= 0.3 is 0 Å². The highest BCUT2D eigenvalue weighted by Crippen LogP contribution is 2.33. The van der Waals surface area contributed by atoms with Crippen LogP contribution < -0.4 is 10.6 Å². The summed E-state index contributed by atoms with van der Waals surface area (Å²) in [5.41, 5.74) is 0.546. The molecule has 2 rings (SSSR count). The third-order valence-electron chi connectivity index (χ3n) is 3.67. The number of nitrogens with zero attached hydrogens (tertiary/aromatic N) is 2. The lowest BCUT2D eigenvalue weighted by atomic mass is 9.80. The quantitative estimate of drug-likeness (QED) is 0.736. The molecule has 1 aliphatic carbocycles. The molecule has 0 atom stereocenters. The maximum atomic E-state index is 10.2. The Balaban J connectivity index is 2.16. The predicted octanol–water partition coefficient (Wildman–Crippen LogP) is 2.36. The van der Waals surface area contributed by atoms with Gasteiger partial charge in [-0.3, -0.25) is 0 Å². The second-order valence-corrected chi connectivity index (χ2v) is 5.60. The van der Waals surface area contributed by atoms with Crippen LogP contribution in [0.5, 0.6) is 0 Å². The Morgan fingerprint density at radius 1 is 1.26 bits per heavy atom. The molecule has 19 heavy (non-hydrogen) atoms. The molecule has 1 fully saturated rings. The Bertz CT molecular complexity index is 429. The predicted molar refractivity (Wildman–Crippen MR) is 77.6 cm³/mol. The first-order valence-corrected chi connectivity index (χ1v) is 7.11. The van der Waals surface area contributed by atoms with Crippen LogP contribution in [0.25, 0.3) is 0 Å². The molecule has 106 valence electrons. The molecule has 1 heterocycles. The zero-order valence-electron chi connectivity index (χ0n) is 12.0. The zero-order chi connectivity index (χ0) is 13.9. The van der Waals surface area contributed by atoms with Crippen molar-refractivity contribution >= 4 is 11.6 Å². The fourth-order valence-electron chi connectivity index (χ4n) is 2.40. The summed E-state index contributed by atoms with van der Waals surface area (Å²) in [6.45, 7) is 7.71. The third kappa shape index (κ3) is 3.15. The average Bonchev–Trinajstić information content (AvgIpc) is 2.34. The Morgan fingerprint density at radius 2 is 1.89 bits per heavy atom. The molecule has 1 saturated carbocycles. The second-order valence-electron chi connectivity index (χ2n) is 5.60. The number of anilines is 2. The molecule has 5 heteroatoms. The van der Waals surface area contributed by atoms with Crippen LogP contribution in [0, 0.1) is 0 Å². The SMILES string of the molecule is CCNc1ncnc(NCC2(O)CCC2)c1C(C)C. The summed E-state index contributed by atoms with van der Waals surface area (Å²) < 4.78 is 0. The maximum absolute atomic E-state index is 10.2. The van der Waals surface area contributed by atoms with E-state index in [1.165, 1.54) is 0 Å². The highest BCUT2D eigenvalue weighted by molar-refractivity contribution is 5.59. The van der Waals surface area contributed by atoms with E-state index in [4.69, 9.17) is 0 Å². The van der Waals surface area contributed by atoms with Crippen molar-refractivity contribution in [2.45, 2.75) is 51.6 Å². The van der Waals surface area contributed by atoms with Gasteiger partial charge in [0.25, 0.3) is 0 Å². The van der Waals surface area contributed by atoms with E-state index in [1.807, 2.05) is 0 Å². The van der Waals surface area contributed by atoms with E-state index in [9.17, 15) is 5.11 Å². The van der Waals surface area contributed by atoms with Crippen LogP contribution in [-0.2, 0) is 0 Å². The monoisotopic (exact) mass is 264 g/mol. The molecule has 0 unspecified atom stereocenters. The minimum Gasteiger partial charge on any atom is -0.388 e. The van der Waals surface area contributed by atoms with Crippen LogP contribution in [0.2, 0.25) is 0 Å². The highest BCUT2D eigenvalue weighted by atomic mass is 16.3. The second kappa shape index (κ2) is 5.74. The van der Waals surface area contributed by atoms with Crippen molar-refractivity contribution in [3.63, 3.8) is 0 Å². The molecule has 0 spiro atoms. The topological polar surface area (TPSA) is 70.1 Å². The molecule has 0 bridgehead atoms. The smallest absolute Gasteiger partial charge is 0.135 e. The normalized spacial score (nSPS) is 17.1. The molecule has 0 radical (unpaired) electrons. The van der Waals surface area contributed by atoms with Crippen LogP contribution in [-0.4, -0.2) is 33.8 Å². The van der Waals surface area contributed by atoms with Crippen LogP contribution in [0.4, 0.5) is 11.6 Å². The van der Waals surface area contributed by atoms with Crippen molar-refractivity contribution in [1.82, 2.24) is 9.97 Å². The van der Waals surface area contributed by atoms with E-state index in [0.29, 0.717) is 12.5 Å². The standard InChI is InChI=1S/C14H24N4O/c1-4-15-12-11(10(2)3)13(18-9-17-12)16-8-14(19)6-5-7-14/h9-10,19H,4-8H2,1-3H3,(H2,15,16,17,18). The number of rotatable bonds is 6. The average molecular weight is 264 g/mol. The molecular formula is C14H24N4O. The zero-order valence-corrected chi connectivity index (χ0v) is 12.0. The first kappa shape index (κ1) is 14.1. The number of aromatic nitrogens is 2. The van der Waals surface area contributed by atoms with Gasteiger partial charge in [-0.15, -0.1) is 0 Å². The summed E-state index contributed by atoms with van der Waals surface area (Å²) in [6, 6.07) is 0. The Morgan fingerprint density at radius 3 is 2.37 bits per heavy atom. The summed E-state index contributed by atoms with van der Waals surface area (Å²) >= 11 is 0. The molecule has 3 N–H and O–H groups in total. The van der Waals surface area contributed by atoms with Gasteiger partial charge in [0.15, 0.2) is 0 Å². The molecule has 1 aliphatic rings. The van der Waals surface area contributed by atoms with Crippen LogP contribution in [0.15, 0.2) is 6.33 Å². The molecule has 5 nitrogen and oxygen atoms in total. The van der Waals surface area contributed by atoms with Gasteiger partial charge in [0.05, 0.1) is 5.60 Å². The van der Waals surface area contributed by atoms with Gasteiger partial charge in [-0.2, -0.15) is 0 Å². The van der Waals surface area contributed by atoms with E-state index < -0.39 is 5.60 Å². The van der Waals surface area contributed by atoms with Crippen molar-refractivity contribution < 1.29 is 5.11 Å². The van der Waals surface area contributed by atoms with Crippen molar-refractivity contribution in [2.24, 2.45) is 0 Å². The molecule has 0 amide bonds. The van der Waals surface area contributed by atoms with Gasteiger partial charge in [0, 0.05) is 18.7 Å². The number of aliphatic hydroxyl groups is 1. The summed E-state index contributed by atoms with van der Waals surface area (Å²) in [7, 11) is 0. The van der Waals surface area contributed by atoms with Gasteiger partial charge < -0.3 is 15.7 Å². The summed E-state index contributed by atoms with van der Waals surface area (Å²) in [6.07, 6.45) is 4.43. The molecule has 0 saturated heterocycles. The van der Waals surface area contributed by atoms with Crippen LogP contribution >= 0.6 is 0 Å². The van der Waals surface area contributed by atoms with E-state index in [1.54, 1.807) is 6.33 Å². The van der Waals surface area contributed by atoms with E-state index in [-0.39, 0.29) is 0 Å². The first-order valence-electron chi connectivity index (χ1n) is 7.11. The molecule has 1 aromatic heterocycles. The fourth-order valence-corrected chi connectivity index (χ4v) is 2.40. The number of hydrogen-bond donors (Lipinski definition) is 3. The Kier molecular flexibility index (Phi) is 4.24. The van der Waals surface area contributed by atoms with Gasteiger partial charge in [0.2, 0.25) is 0 Å². The van der Waals surface area contributed by atoms with Gasteiger partial charge in [-0.25, -0.2) is 9.97 Å². The van der Waals surface area contributed by atoms with Crippen LogP contribution in [0.1, 0.15) is 51.5 Å². The van der Waals surface area contributed by atoms with E-state index in [2.05, 4.69) is 41.4 Å². The number of nitrogens with one attached hydrogen (secondary N) is 2. The van der Waals surface area contributed by atoms with Crippen molar-refractivity contribution in [2.75, 3.05) is 23.7 Å². The molecular weight excluding hydrogens is 240 g/mol. The molecule has 1 aromatic rings. The fraction of sp³-hybridized carbons (Fsp3) is 0.714. The summed E-state index contributed by atoms with van der Waals surface area (Å²) in [5.74, 6) is 2.05. The molecule has 0 aliphatic heterocycles. The Hall–Kier alpha value is -1.36. The lowest BCUT2D eigenvalue weighted by molar-refractivity contribution is -0.0202. The van der Waals surface area contributed by atoms with Gasteiger partial charge in [0.1, 0.15) is 18.0 Å². The Labute approximate surface area is 114 Å². The summed E-state index contributed by atoms with van der Waals surface area (Å²) in [4.78, 5) is 8.64. The van der Waals surface area contributed by atoms with Crippen LogP contribution in [0.3, 0.4) is 0 Å². The van der Waals surface area contributed by atoms with E-state index >= 15 is 0 Å². The minimum absolute atomic E-state index is 0.328. The van der Waals surface area contributed by atoms with Crippen molar-refractivity contribution in [3.8, 4) is 0 Å². The largest absolute Gasteiger partial charge is 0.388 e. The first-order chi connectivity index (χ1) is 9.06. The van der Waals surface area contributed by atoms with Crippen molar-refractivity contribution in [3.05, 3.63) is 11.9 Å². The summed E-state index contributed by atoms with van der Waals surface area (Å²) in [5, 5.41) is 16.7. The lowest BCUT2D eigenvalue weighted by Crippen LogP contribution is -2.43. The minimum atomic E-state index is -0.544. The number of hydrogen-bond acceptors (Lipinski definition) is 5. The third-order valence-corrected chi connectivity index (χ3v) is 3.67. The lowest BCUT2D eigenvalue weighted by Gasteiger charge is -2.37. The van der Waals surface area contributed by atoms with Gasteiger partial charge in [-0.1, -0.05) is 13.8 Å². The van der Waals surface area contributed by atoms with Gasteiger partial charge in [-0.05, 0) is 32.1 Å². The maximum Gasteiger partial charge on any atom is 0.135 e. The highest BCUT2D eigenvalue weighted by Gasteiger charge is 2.34. The molecule has 0 aromatic carbocycles.